The van der Waals surface area contributed by atoms with Crippen molar-refractivity contribution in [2.75, 3.05) is 0 Å². The van der Waals surface area contributed by atoms with Crippen LogP contribution in [0.5, 0.6) is 23.0 Å². The number of carbonyl (C=O) groups excluding carboxylic acids is 1. The molecule has 4 N–H and O–H groups in total. The maximum absolute atomic E-state index is 13.0. The summed E-state index contributed by atoms with van der Waals surface area (Å²) < 4.78 is 12.3. The van der Waals surface area contributed by atoms with E-state index in [2.05, 4.69) is 6.92 Å². The van der Waals surface area contributed by atoms with Gasteiger partial charge < -0.3 is 25.4 Å². The highest BCUT2D eigenvalue weighted by molar-refractivity contribution is 5.97. The summed E-state index contributed by atoms with van der Waals surface area (Å²) in [6, 6.07) is 14.8. The van der Waals surface area contributed by atoms with Crippen molar-refractivity contribution < 1.29 is 24.5 Å². The number of phenols is 2. The second-order valence-electron chi connectivity index (χ2n) is 8.41. The lowest BCUT2D eigenvalue weighted by Gasteiger charge is -2.38. The van der Waals surface area contributed by atoms with Crippen LogP contribution in [-0.2, 0) is 10.3 Å². The lowest BCUT2D eigenvalue weighted by molar-refractivity contribution is 0.0220. The molecule has 2 aliphatic rings. The van der Waals surface area contributed by atoms with Gasteiger partial charge in [0.05, 0.1) is 11.1 Å². The van der Waals surface area contributed by atoms with Crippen molar-refractivity contribution >= 4 is 5.97 Å². The number of nitrogens with two attached hydrogens (primary N) is 1. The van der Waals surface area contributed by atoms with Gasteiger partial charge in [-0.25, -0.2) is 4.79 Å². The van der Waals surface area contributed by atoms with Crippen molar-refractivity contribution in [3.05, 3.63) is 82.4 Å². The third-order valence-corrected chi connectivity index (χ3v) is 6.32. The fourth-order valence-corrected chi connectivity index (χ4v) is 4.88. The van der Waals surface area contributed by atoms with Gasteiger partial charge in [0.2, 0.25) is 0 Å². The Labute approximate surface area is 186 Å². The van der Waals surface area contributed by atoms with Gasteiger partial charge in [-0.2, -0.15) is 0 Å². The first-order valence-electron chi connectivity index (χ1n) is 10.9. The molecule has 0 saturated carbocycles. The van der Waals surface area contributed by atoms with Gasteiger partial charge >= 0.3 is 5.97 Å². The standard InChI is InChI=1S/C26H25NO5/c1-2-3-4-9-21(27)18-12-16(29)14-23-24(18)26(20-11-10-15(28)13-22(20)31-23)19-8-6-5-7-17(19)25(30)32-26/h5-8,10-14,21,28-29H,2-4,9,27H2,1H3. The number of ether oxygens (including phenoxy) is 2. The number of unbranched alkanes of at least 4 members (excludes halogenated alkanes) is 2. The molecule has 1 spiro atoms. The van der Waals surface area contributed by atoms with Gasteiger partial charge in [-0.3, -0.25) is 0 Å². The van der Waals surface area contributed by atoms with Crippen LogP contribution in [0, 0.1) is 0 Å². The summed E-state index contributed by atoms with van der Waals surface area (Å²) in [5.41, 5.74) is 8.41. The van der Waals surface area contributed by atoms with Crippen LogP contribution in [0.4, 0.5) is 0 Å². The molecule has 2 heterocycles. The number of benzene rings is 3. The molecule has 0 aromatic heterocycles. The maximum atomic E-state index is 13.0. The largest absolute Gasteiger partial charge is 0.508 e. The molecule has 2 aliphatic heterocycles. The van der Waals surface area contributed by atoms with Gasteiger partial charge in [0.15, 0.2) is 5.60 Å². The molecule has 0 radical (unpaired) electrons. The summed E-state index contributed by atoms with van der Waals surface area (Å²) >= 11 is 0. The molecule has 0 saturated heterocycles. The first-order chi connectivity index (χ1) is 15.5. The van der Waals surface area contributed by atoms with Crippen LogP contribution in [0.3, 0.4) is 0 Å². The van der Waals surface area contributed by atoms with E-state index in [1.807, 2.05) is 12.1 Å². The van der Waals surface area contributed by atoms with Gasteiger partial charge in [0.1, 0.15) is 23.0 Å². The molecular weight excluding hydrogens is 406 g/mol. The summed E-state index contributed by atoms with van der Waals surface area (Å²) in [5, 5.41) is 20.6. The highest BCUT2D eigenvalue weighted by Crippen LogP contribution is 2.58. The number of esters is 1. The molecule has 0 aliphatic carbocycles. The molecule has 3 aromatic rings. The molecule has 5 rings (SSSR count). The molecule has 3 aromatic carbocycles. The quantitative estimate of drug-likeness (QED) is 0.377. The normalized spacial score (nSPS) is 19.0. The van der Waals surface area contributed by atoms with Crippen molar-refractivity contribution in [1.82, 2.24) is 0 Å². The van der Waals surface area contributed by atoms with Crippen molar-refractivity contribution in [2.45, 2.75) is 44.2 Å². The number of hydrogen-bond acceptors (Lipinski definition) is 6. The van der Waals surface area contributed by atoms with Gasteiger partial charge in [0, 0.05) is 29.3 Å². The number of phenolic OH excluding ortho intramolecular Hbond substituents is 2. The molecule has 0 fully saturated rings. The van der Waals surface area contributed by atoms with Crippen LogP contribution in [0.2, 0.25) is 0 Å². The van der Waals surface area contributed by atoms with Crippen molar-refractivity contribution in [3.8, 4) is 23.0 Å². The highest BCUT2D eigenvalue weighted by atomic mass is 16.6. The Bertz CT molecular complexity index is 1220. The minimum Gasteiger partial charge on any atom is -0.508 e. The maximum Gasteiger partial charge on any atom is 0.340 e. The summed E-state index contributed by atoms with van der Waals surface area (Å²) in [5.74, 6) is 0.315. The molecule has 164 valence electrons. The van der Waals surface area contributed by atoms with E-state index in [1.54, 1.807) is 30.3 Å². The van der Waals surface area contributed by atoms with E-state index in [9.17, 15) is 15.0 Å². The predicted molar refractivity (Wildman–Crippen MR) is 119 cm³/mol. The van der Waals surface area contributed by atoms with E-state index in [4.69, 9.17) is 15.2 Å². The Kier molecular flexibility index (Phi) is 4.82. The smallest absolute Gasteiger partial charge is 0.340 e. The van der Waals surface area contributed by atoms with E-state index in [0.29, 0.717) is 39.3 Å². The van der Waals surface area contributed by atoms with E-state index >= 15 is 0 Å². The fraction of sp³-hybridized carbons (Fsp3) is 0.269. The zero-order chi connectivity index (χ0) is 22.5. The summed E-state index contributed by atoms with van der Waals surface area (Å²) in [6.07, 6.45) is 3.78. The van der Waals surface area contributed by atoms with E-state index in [1.165, 1.54) is 12.1 Å². The lowest BCUT2D eigenvalue weighted by Crippen LogP contribution is -2.35. The van der Waals surface area contributed by atoms with Crippen LogP contribution in [0.1, 0.15) is 71.3 Å². The second kappa shape index (κ2) is 7.57. The zero-order valence-electron chi connectivity index (χ0n) is 17.8. The summed E-state index contributed by atoms with van der Waals surface area (Å²) in [7, 11) is 0. The van der Waals surface area contributed by atoms with Gasteiger partial charge in [-0.1, -0.05) is 44.4 Å². The third-order valence-electron chi connectivity index (χ3n) is 6.32. The molecule has 6 nitrogen and oxygen atoms in total. The van der Waals surface area contributed by atoms with Crippen LogP contribution in [0.15, 0.2) is 54.6 Å². The van der Waals surface area contributed by atoms with Crippen molar-refractivity contribution in [3.63, 3.8) is 0 Å². The van der Waals surface area contributed by atoms with Crippen LogP contribution < -0.4 is 10.5 Å². The Hall–Kier alpha value is -3.51. The van der Waals surface area contributed by atoms with Crippen molar-refractivity contribution in [1.29, 1.82) is 0 Å². The van der Waals surface area contributed by atoms with E-state index < -0.39 is 11.6 Å². The summed E-state index contributed by atoms with van der Waals surface area (Å²) in [6.45, 7) is 2.13. The SMILES string of the molecule is CCCCCC(N)c1cc(O)cc2c1C1(OC(=O)c3ccccc31)c1ccc(O)cc1O2. The molecule has 6 heteroatoms. The van der Waals surface area contributed by atoms with Crippen LogP contribution >= 0.6 is 0 Å². The highest BCUT2D eigenvalue weighted by Gasteiger charge is 2.55. The molecule has 32 heavy (non-hydrogen) atoms. The number of hydrogen-bond donors (Lipinski definition) is 3. The Balaban J connectivity index is 1.80. The van der Waals surface area contributed by atoms with Gasteiger partial charge in [-0.05, 0) is 36.2 Å². The number of aromatic hydroxyl groups is 2. The Morgan fingerprint density at radius 2 is 1.75 bits per heavy atom. The molecule has 2 atom stereocenters. The number of fused-ring (bicyclic) bond motifs is 6. The molecule has 0 amide bonds. The minimum atomic E-state index is -1.28. The average molecular weight is 431 g/mol. The predicted octanol–water partition coefficient (Wildman–Crippen LogP) is 5.25. The lowest BCUT2D eigenvalue weighted by atomic mass is 9.74. The van der Waals surface area contributed by atoms with E-state index in [-0.39, 0.29) is 17.5 Å². The first-order valence-corrected chi connectivity index (χ1v) is 10.9. The fourth-order valence-electron chi connectivity index (χ4n) is 4.88. The zero-order valence-corrected chi connectivity index (χ0v) is 17.8. The second-order valence-corrected chi connectivity index (χ2v) is 8.41. The van der Waals surface area contributed by atoms with Crippen LogP contribution in [-0.4, -0.2) is 16.2 Å². The van der Waals surface area contributed by atoms with E-state index in [0.717, 1.165) is 25.7 Å². The topological polar surface area (TPSA) is 102 Å². The van der Waals surface area contributed by atoms with Crippen molar-refractivity contribution in [2.24, 2.45) is 5.73 Å². The average Bonchev–Trinajstić information content (AvgIpc) is 3.06. The minimum absolute atomic E-state index is 0.0149. The number of carbonyl (C=O) groups is 1. The molecule has 2 unspecified atom stereocenters. The molecular formula is C26H25NO5. The number of rotatable bonds is 5. The molecule has 0 bridgehead atoms. The Morgan fingerprint density at radius 1 is 0.969 bits per heavy atom. The monoisotopic (exact) mass is 431 g/mol. The van der Waals surface area contributed by atoms with Gasteiger partial charge in [-0.15, -0.1) is 0 Å². The van der Waals surface area contributed by atoms with Crippen LogP contribution in [0.25, 0.3) is 0 Å². The van der Waals surface area contributed by atoms with Gasteiger partial charge in [0.25, 0.3) is 0 Å². The summed E-state index contributed by atoms with van der Waals surface area (Å²) in [4.78, 5) is 13.0. The third kappa shape index (κ3) is 2.94. The Morgan fingerprint density at radius 3 is 2.56 bits per heavy atom. The first kappa shape index (κ1) is 20.4.